The minimum Gasteiger partial charge on any atom is -0.459 e. The lowest BCUT2D eigenvalue weighted by atomic mass is 9.75. The molecule has 0 aromatic carbocycles. The number of ether oxygens (including phenoxy) is 1. The molecule has 2 heterocycles. The van der Waals surface area contributed by atoms with E-state index in [0.29, 0.717) is 22.3 Å². The van der Waals surface area contributed by atoms with Gasteiger partial charge in [0.15, 0.2) is 0 Å². The fraction of sp³-hybridized carbons (Fsp3) is 0.750. The summed E-state index contributed by atoms with van der Waals surface area (Å²) >= 11 is 2.00. The van der Waals surface area contributed by atoms with Gasteiger partial charge in [-0.1, -0.05) is 19.1 Å². The molecule has 4 unspecified atom stereocenters. The number of thioether (sulfide) groups is 1. The van der Waals surface area contributed by atoms with E-state index in [1.54, 1.807) is 0 Å². The summed E-state index contributed by atoms with van der Waals surface area (Å²) in [6.45, 7) is 7.81. The Morgan fingerprint density at radius 1 is 1.33 bits per heavy atom. The van der Waals surface area contributed by atoms with Crippen molar-refractivity contribution in [1.29, 1.82) is 0 Å². The zero-order valence-corrected chi connectivity index (χ0v) is 10.5. The second-order valence-corrected chi connectivity index (χ2v) is 6.39. The van der Waals surface area contributed by atoms with Crippen molar-refractivity contribution in [3.63, 3.8) is 0 Å². The lowest BCUT2D eigenvalue weighted by Crippen LogP contribution is -2.43. The van der Waals surface area contributed by atoms with Crippen LogP contribution in [0.1, 0.15) is 27.7 Å². The normalized spacial score (nSPS) is 38.4. The maximum atomic E-state index is 11.1. The topological polar surface area (TPSA) is 26.3 Å². The number of hydrogen-bond acceptors (Lipinski definition) is 3. The summed E-state index contributed by atoms with van der Waals surface area (Å²) < 4.78 is 5.46. The minimum atomic E-state index is -0.345. The second kappa shape index (κ2) is 3.55. The molecule has 0 aromatic heterocycles. The van der Waals surface area contributed by atoms with Gasteiger partial charge >= 0.3 is 5.97 Å². The monoisotopic (exact) mass is 226 g/mol. The van der Waals surface area contributed by atoms with Gasteiger partial charge in [-0.05, 0) is 19.8 Å². The predicted octanol–water partition coefficient (Wildman–Crippen LogP) is 2.63. The summed E-state index contributed by atoms with van der Waals surface area (Å²) in [5, 5.41) is 1.15. The van der Waals surface area contributed by atoms with Crippen molar-refractivity contribution in [3.05, 3.63) is 12.2 Å². The molecule has 4 atom stereocenters. The van der Waals surface area contributed by atoms with E-state index in [0.717, 1.165) is 0 Å². The molecule has 3 heteroatoms. The van der Waals surface area contributed by atoms with Gasteiger partial charge < -0.3 is 4.74 Å². The molecular weight excluding hydrogens is 208 g/mol. The van der Waals surface area contributed by atoms with Crippen molar-refractivity contribution in [2.45, 2.75) is 43.8 Å². The van der Waals surface area contributed by atoms with Crippen LogP contribution < -0.4 is 0 Å². The molecule has 15 heavy (non-hydrogen) atoms. The first-order valence-corrected chi connectivity index (χ1v) is 6.39. The predicted molar refractivity (Wildman–Crippen MR) is 62.8 cm³/mol. The highest BCUT2D eigenvalue weighted by molar-refractivity contribution is 8.01. The van der Waals surface area contributed by atoms with Gasteiger partial charge in [0.1, 0.15) is 5.60 Å². The molecule has 2 rings (SSSR count). The van der Waals surface area contributed by atoms with Crippen molar-refractivity contribution in [2.75, 3.05) is 0 Å². The summed E-state index contributed by atoms with van der Waals surface area (Å²) in [7, 11) is 0. The Hall–Kier alpha value is -0.440. The average molecular weight is 226 g/mol. The van der Waals surface area contributed by atoms with Crippen LogP contribution in [0.15, 0.2) is 12.2 Å². The van der Waals surface area contributed by atoms with E-state index in [4.69, 9.17) is 4.74 Å². The minimum absolute atomic E-state index is 0.177. The SMILES string of the molecule is CC(=O)OC(C)(C)C1C2C=CC(S2)C1C. The molecular formula is C12H18O2S. The highest BCUT2D eigenvalue weighted by Crippen LogP contribution is 2.53. The average Bonchev–Trinajstić information content (AvgIpc) is 2.59. The quantitative estimate of drug-likeness (QED) is 0.535. The number of esters is 1. The first-order chi connectivity index (χ1) is 6.92. The van der Waals surface area contributed by atoms with Crippen LogP contribution in [-0.2, 0) is 9.53 Å². The summed E-state index contributed by atoms with van der Waals surface area (Å²) in [5.74, 6) is 0.865. The summed E-state index contributed by atoms with van der Waals surface area (Å²) in [4.78, 5) is 11.1. The van der Waals surface area contributed by atoms with Gasteiger partial charge in [0.2, 0.25) is 0 Å². The molecule has 0 amide bonds. The van der Waals surface area contributed by atoms with E-state index >= 15 is 0 Å². The lowest BCUT2D eigenvalue weighted by molar-refractivity contribution is -0.160. The fourth-order valence-electron chi connectivity index (χ4n) is 2.97. The van der Waals surface area contributed by atoms with E-state index in [1.165, 1.54) is 6.92 Å². The summed E-state index contributed by atoms with van der Waals surface area (Å²) in [6, 6.07) is 0. The van der Waals surface area contributed by atoms with Gasteiger partial charge in [0, 0.05) is 23.3 Å². The van der Waals surface area contributed by atoms with E-state index in [1.807, 2.05) is 25.6 Å². The van der Waals surface area contributed by atoms with Crippen LogP contribution in [0, 0.1) is 11.8 Å². The Morgan fingerprint density at radius 2 is 1.93 bits per heavy atom. The standard InChI is InChI=1S/C12H18O2S/c1-7-9-5-6-10(15-9)11(7)12(3,4)14-8(2)13/h5-7,9-11H,1-4H3. The molecule has 1 fully saturated rings. The molecule has 0 aromatic rings. The Kier molecular flexibility index (Phi) is 2.61. The van der Waals surface area contributed by atoms with Crippen molar-refractivity contribution < 1.29 is 9.53 Å². The first-order valence-electron chi connectivity index (χ1n) is 5.45. The van der Waals surface area contributed by atoms with Crippen LogP contribution in [0.5, 0.6) is 0 Å². The van der Waals surface area contributed by atoms with Gasteiger partial charge in [0.05, 0.1) is 0 Å². The Labute approximate surface area is 95.5 Å². The van der Waals surface area contributed by atoms with Crippen LogP contribution in [-0.4, -0.2) is 22.1 Å². The molecule has 0 spiro atoms. The smallest absolute Gasteiger partial charge is 0.303 e. The zero-order chi connectivity index (χ0) is 11.2. The maximum absolute atomic E-state index is 11.1. The molecule has 0 saturated carbocycles. The molecule has 84 valence electrons. The number of carbonyl (C=O) groups is 1. The number of rotatable bonds is 2. The molecule has 0 N–H and O–H groups in total. The Balaban J connectivity index is 2.17. The van der Waals surface area contributed by atoms with Gasteiger partial charge in [0.25, 0.3) is 0 Å². The highest BCUT2D eigenvalue weighted by Gasteiger charge is 2.51. The molecule has 2 aliphatic rings. The maximum Gasteiger partial charge on any atom is 0.303 e. The third kappa shape index (κ3) is 1.82. The van der Waals surface area contributed by atoms with Crippen LogP contribution in [0.3, 0.4) is 0 Å². The van der Waals surface area contributed by atoms with Crippen LogP contribution in [0.2, 0.25) is 0 Å². The van der Waals surface area contributed by atoms with Crippen molar-refractivity contribution in [1.82, 2.24) is 0 Å². The van der Waals surface area contributed by atoms with Crippen LogP contribution in [0.4, 0.5) is 0 Å². The largest absolute Gasteiger partial charge is 0.459 e. The van der Waals surface area contributed by atoms with Crippen LogP contribution in [0.25, 0.3) is 0 Å². The van der Waals surface area contributed by atoms with E-state index in [9.17, 15) is 4.79 Å². The van der Waals surface area contributed by atoms with Crippen molar-refractivity contribution in [3.8, 4) is 0 Å². The molecule has 0 aliphatic carbocycles. The first kappa shape index (κ1) is 11.1. The third-order valence-corrected chi connectivity index (χ3v) is 5.12. The number of hydrogen-bond donors (Lipinski definition) is 0. The van der Waals surface area contributed by atoms with E-state index in [-0.39, 0.29) is 11.6 Å². The van der Waals surface area contributed by atoms with Gasteiger partial charge in [-0.25, -0.2) is 0 Å². The second-order valence-electron chi connectivity index (χ2n) is 5.03. The lowest BCUT2D eigenvalue weighted by Gasteiger charge is -2.37. The van der Waals surface area contributed by atoms with Crippen molar-refractivity contribution in [2.24, 2.45) is 11.8 Å². The van der Waals surface area contributed by atoms with Gasteiger partial charge in [-0.3, -0.25) is 4.79 Å². The zero-order valence-electron chi connectivity index (χ0n) is 9.69. The highest BCUT2D eigenvalue weighted by atomic mass is 32.2. The Bertz CT molecular complexity index is 309. The Morgan fingerprint density at radius 3 is 2.40 bits per heavy atom. The van der Waals surface area contributed by atoms with Gasteiger partial charge in [-0.2, -0.15) is 0 Å². The summed E-state index contributed by atoms with van der Waals surface area (Å²) in [5.41, 5.74) is -0.345. The number of fused-ring (bicyclic) bond motifs is 2. The summed E-state index contributed by atoms with van der Waals surface area (Å²) in [6.07, 6.45) is 4.56. The van der Waals surface area contributed by atoms with E-state index < -0.39 is 0 Å². The third-order valence-electron chi connectivity index (χ3n) is 3.45. The molecule has 1 saturated heterocycles. The molecule has 2 bridgehead atoms. The molecule has 0 radical (unpaired) electrons. The van der Waals surface area contributed by atoms with Gasteiger partial charge in [-0.15, -0.1) is 11.8 Å². The van der Waals surface area contributed by atoms with Crippen molar-refractivity contribution >= 4 is 17.7 Å². The fourth-order valence-corrected chi connectivity index (χ4v) is 4.85. The molecule has 2 aliphatic heterocycles. The number of carbonyl (C=O) groups excluding carboxylic acids is 1. The van der Waals surface area contributed by atoms with Crippen LogP contribution >= 0.6 is 11.8 Å². The van der Waals surface area contributed by atoms with E-state index in [2.05, 4.69) is 19.1 Å². The molecule has 2 nitrogen and oxygen atoms in total.